The van der Waals surface area contributed by atoms with Crippen LogP contribution in [0, 0.1) is 5.41 Å². The third kappa shape index (κ3) is 5.20. The van der Waals surface area contributed by atoms with Gasteiger partial charge in [-0.05, 0) is 12.8 Å². The molecule has 1 aliphatic heterocycles. The predicted octanol–water partition coefficient (Wildman–Crippen LogP) is 1.31. The molecule has 0 aromatic heterocycles. The number of rotatable bonds is 9. The Morgan fingerprint density at radius 3 is 2.33 bits per heavy atom. The van der Waals surface area contributed by atoms with Crippen LogP contribution in [0.2, 0.25) is 0 Å². The zero-order valence-corrected chi connectivity index (χ0v) is 14.1. The lowest BCUT2D eigenvalue weighted by molar-refractivity contribution is -0.128. The third-order valence-corrected chi connectivity index (χ3v) is 4.47. The highest BCUT2D eigenvalue weighted by Crippen LogP contribution is 2.30. The lowest BCUT2D eigenvalue weighted by Crippen LogP contribution is -2.50. The molecule has 122 valence electrons. The van der Waals surface area contributed by atoms with Gasteiger partial charge in [-0.1, -0.05) is 38.9 Å². The summed E-state index contributed by atoms with van der Waals surface area (Å²) in [6.45, 7) is 9.01. The van der Waals surface area contributed by atoms with Crippen LogP contribution in [-0.4, -0.2) is 55.2 Å². The number of hydrogen-bond donors (Lipinski definition) is 2. The maximum Gasteiger partial charge on any atom is 0.233 e. The average Bonchev–Trinajstić information content (AvgIpc) is 2.47. The normalized spacial score (nSPS) is 16.7. The van der Waals surface area contributed by atoms with Crippen molar-refractivity contribution in [3.05, 3.63) is 0 Å². The van der Waals surface area contributed by atoms with Crippen molar-refractivity contribution in [3.63, 3.8) is 0 Å². The molecule has 0 unspecified atom stereocenters. The zero-order chi connectivity index (χ0) is 15.7. The summed E-state index contributed by atoms with van der Waals surface area (Å²) in [7, 11) is 0. The second kappa shape index (κ2) is 9.33. The van der Waals surface area contributed by atoms with Crippen molar-refractivity contribution >= 4 is 23.1 Å². The van der Waals surface area contributed by atoms with E-state index < -0.39 is 5.41 Å². The van der Waals surface area contributed by atoms with Crippen LogP contribution in [0.5, 0.6) is 0 Å². The van der Waals surface area contributed by atoms with E-state index in [4.69, 9.17) is 22.7 Å². The quantitative estimate of drug-likeness (QED) is 0.628. The highest BCUT2D eigenvalue weighted by molar-refractivity contribution is 7.80. The summed E-state index contributed by atoms with van der Waals surface area (Å²) in [6.07, 6.45) is 3.24. The molecule has 1 amide bonds. The van der Waals surface area contributed by atoms with Gasteiger partial charge in [0.2, 0.25) is 5.91 Å². The smallest absolute Gasteiger partial charge is 0.233 e. The van der Waals surface area contributed by atoms with Gasteiger partial charge in [0, 0.05) is 26.2 Å². The first kappa shape index (κ1) is 18.3. The fourth-order valence-corrected chi connectivity index (χ4v) is 3.18. The van der Waals surface area contributed by atoms with Gasteiger partial charge < -0.3 is 15.8 Å². The third-order valence-electron chi connectivity index (χ3n) is 4.08. The standard InChI is InChI=1S/C15H29N3O2S/c1-3-5-15(6-4-2,13(16)21)14(19)17-7-8-18-9-11-20-12-10-18/h3-12H2,1-2H3,(H2,16,21)(H,17,19). The SMILES string of the molecule is CCCC(CCC)(C(=O)NCCN1CCOCC1)C(N)=S. The fraction of sp³-hybridized carbons (Fsp3) is 0.867. The molecule has 5 nitrogen and oxygen atoms in total. The second-order valence-electron chi connectivity index (χ2n) is 5.66. The molecule has 21 heavy (non-hydrogen) atoms. The minimum absolute atomic E-state index is 0.00744. The molecule has 0 radical (unpaired) electrons. The number of nitrogens with one attached hydrogen (secondary N) is 1. The molecule has 1 aliphatic rings. The summed E-state index contributed by atoms with van der Waals surface area (Å²) in [6, 6.07) is 0. The fourth-order valence-electron chi connectivity index (χ4n) is 2.89. The van der Waals surface area contributed by atoms with E-state index in [-0.39, 0.29) is 5.91 Å². The maximum atomic E-state index is 12.6. The topological polar surface area (TPSA) is 67.6 Å². The van der Waals surface area contributed by atoms with Gasteiger partial charge in [-0.2, -0.15) is 0 Å². The number of nitrogens with two attached hydrogens (primary N) is 1. The number of thiocarbonyl (C=S) groups is 1. The van der Waals surface area contributed by atoms with Crippen molar-refractivity contribution < 1.29 is 9.53 Å². The van der Waals surface area contributed by atoms with Crippen molar-refractivity contribution in [3.8, 4) is 0 Å². The molecule has 1 heterocycles. The number of morpholine rings is 1. The molecule has 1 fully saturated rings. The molecule has 1 saturated heterocycles. The van der Waals surface area contributed by atoms with Crippen LogP contribution < -0.4 is 11.1 Å². The number of carbonyl (C=O) groups is 1. The second-order valence-corrected chi connectivity index (χ2v) is 6.10. The van der Waals surface area contributed by atoms with Crippen molar-refractivity contribution in [2.24, 2.45) is 11.1 Å². The first-order chi connectivity index (χ1) is 10.1. The van der Waals surface area contributed by atoms with Gasteiger partial charge in [-0.25, -0.2) is 0 Å². The molecule has 0 saturated carbocycles. The van der Waals surface area contributed by atoms with Crippen LogP contribution >= 0.6 is 12.2 Å². The summed E-state index contributed by atoms with van der Waals surface area (Å²) in [5.74, 6) is -0.00744. The van der Waals surface area contributed by atoms with Crippen molar-refractivity contribution in [1.29, 1.82) is 0 Å². The molecule has 3 N–H and O–H groups in total. The molecule has 1 rings (SSSR count). The van der Waals surface area contributed by atoms with Gasteiger partial charge in [0.15, 0.2) is 0 Å². The Bertz CT molecular complexity index is 338. The van der Waals surface area contributed by atoms with E-state index in [1.165, 1.54) is 0 Å². The van der Waals surface area contributed by atoms with Gasteiger partial charge in [0.25, 0.3) is 0 Å². The summed E-state index contributed by atoms with van der Waals surface area (Å²) >= 11 is 5.20. The molecular formula is C15H29N3O2S. The van der Waals surface area contributed by atoms with Crippen LogP contribution in [0.4, 0.5) is 0 Å². The highest BCUT2D eigenvalue weighted by Gasteiger charge is 2.39. The Morgan fingerprint density at radius 2 is 1.86 bits per heavy atom. The lowest BCUT2D eigenvalue weighted by atomic mass is 9.78. The van der Waals surface area contributed by atoms with Crippen LogP contribution in [0.3, 0.4) is 0 Å². The van der Waals surface area contributed by atoms with Crippen LogP contribution in [-0.2, 0) is 9.53 Å². The Hall–Kier alpha value is -0.720. The molecule has 6 heteroatoms. The van der Waals surface area contributed by atoms with Crippen molar-refractivity contribution in [2.75, 3.05) is 39.4 Å². The molecular weight excluding hydrogens is 286 g/mol. The highest BCUT2D eigenvalue weighted by atomic mass is 32.1. The lowest BCUT2D eigenvalue weighted by Gasteiger charge is -2.32. The zero-order valence-electron chi connectivity index (χ0n) is 13.3. The average molecular weight is 315 g/mol. The summed E-state index contributed by atoms with van der Waals surface area (Å²) in [5.41, 5.74) is 5.23. The number of ether oxygens (including phenoxy) is 1. The molecule has 0 aliphatic carbocycles. The van der Waals surface area contributed by atoms with Crippen molar-refractivity contribution in [1.82, 2.24) is 10.2 Å². The van der Waals surface area contributed by atoms with E-state index in [0.717, 1.165) is 58.5 Å². The minimum atomic E-state index is -0.677. The monoisotopic (exact) mass is 315 g/mol. The van der Waals surface area contributed by atoms with Gasteiger partial charge in [-0.3, -0.25) is 9.69 Å². The van der Waals surface area contributed by atoms with E-state index in [2.05, 4.69) is 24.1 Å². The van der Waals surface area contributed by atoms with E-state index >= 15 is 0 Å². The number of amides is 1. The van der Waals surface area contributed by atoms with Gasteiger partial charge in [-0.15, -0.1) is 0 Å². The molecule has 0 aromatic carbocycles. The molecule has 0 aromatic rings. The Kier molecular flexibility index (Phi) is 8.14. The largest absolute Gasteiger partial charge is 0.392 e. The summed E-state index contributed by atoms with van der Waals surface area (Å²) in [5, 5.41) is 3.03. The van der Waals surface area contributed by atoms with E-state index in [9.17, 15) is 4.79 Å². The number of nitrogens with zero attached hydrogens (tertiary/aromatic N) is 1. The first-order valence-corrected chi connectivity index (χ1v) is 8.36. The summed E-state index contributed by atoms with van der Waals surface area (Å²) in [4.78, 5) is 15.2. The molecule has 0 bridgehead atoms. The van der Waals surface area contributed by atoms with Crippen LogP contribution in [0.1, 0.15) is 39.5 Å². The van der Waals surface area contributed by atoms with Gasteiger partial charge in [0.05, 0.1) is 23.6 Å². The maximum absolute atomic E-state index is 12.6. The van der Waals surface area contributed by atoms with Crippen molar-refractivity contribution in [2.45, 2.75) is 39.5 Å². The number of hydrogen-bond acceptors (Lipinski definition) is 4. The molecule has 0 spiro atoms. The Labute approximate surface area is 133 Å². The Balaban J connectivity index is 2.52. The van der Waals surface area contributed by atoms with E-state index in [1.54, 1.807) is 0 Å². The van der Waals surface area contributed by atoms with Crippen LogP contribution in [0.15, 0.2) is 0 Å². The number of carbonyl (C=O) groups excluding carboxylic acids is 1. The predicted molar refractivity (Wildman–Crippen MR) is 89.3 cm³/mol. The van der Waals surface area contributed by atoms with Crippen LogP contribution in [0.25, 0.3) is 0 Å². The Morgan fingerprint density at radius 1 is 1.29 bits per heavy atom. The van der Waals surface area contributed by atoms with E-state index in [1.807, 2.05) is 0 Å². The summed E-state index contributed by atoms with van der Waals surface area (Å²) < 4.78 is 5.31. The molecule has 0 atom stereocenters. The van der Waals surface area contributed by atoms with E-state index in [0.29, 0.717) is 11.5 Å². The van der Waals surface area contributed by atoms with Gasteiger partial charge >= 0.3 is 0 Å². The first-order valence-electron chi connectivity index (χ1n) is 7.95. The van der Waals surface area contributed by atoms with Gasteiger partial charge in [0.1, 0.15) is 0 Å². The minimum Gasteiger partial charge on any atom is -0.392 e.